The van der Waals surface area contributed by atoms with Crippen LogP contribution in [0, 0.1) is 0 Å². The second-order valence-corrected chi connectivity index (χ2v) is 7.55. The van der Waals surface area contributed by atoms with Gasteiger partial charge in [-0.3, -0.25) is 0 Å². The highest BCUT2D eigenvalue weighted by molar-refractivity contribution is 7.90. The summed E-state index contributed by atoms with van der Waals surface area (Å²) < 4.78 is 28.7. The van der Waals surface area contributed by atoms with E-state index in [9.17, 15) is 13.5 Å². The molecule has 0 fully saturated rings. The highest BCUT2D eigenvalue weighted by atomic mass is 32.2. The fourth-order valence-electron chi connectivity index (χ4n) is 1.45. The van der Waals surface area contributed by atoms with E-state index >= 15 is 0 Å². The molecule has 1 aromatic heterocycles. The van der Waals surface area contributed by atoms with Gasteiger partial charge in [0.15, 0.2) is 15.7 Å². The number of sulfone groups is 1. The van der Waals surface area contributed by atoms with Crippen LogP contribution in [0.3, 0.4) is 0 Å². The summed E-state index contributed by atoms with van der Waals surface area (Å²) in [6.45, 7) is 5.22. The number of unbranched alkanes of at least 4 members (excludes halogenated alkanes) is 1. The van der Waals surface area contributed by atoms with Gasteiger partial charge in [-0.15, -0.1) is 0 Å². The lowest BCUT2D eigenvalue weighted by atomic mass is 10.1. The summed E-state index contributed by atoms with van der Waals surface area (Å²) in [7, 11) is -3.32. The maximum atomic E-state index is 11.8. The van der Waals surface area contributed by atoms with Crippen LogP contribution in [0.2, 0.25) is 0 Å². The maximum absolute atomic E-state index is 11.8. The Balaban J connectivity index is 2.55. The molecule has 1 N–H and O–H groups in total. The van der Waals surface area contributed by atoms with Crippen molar-refractivity contribution in [1.29, 1.82) is 0 Å². The Morgan fingerprint density at radius 3 is 2.63 bits per heavy atom. The van der Waals surface area contributed by atoms with E-state index in [0.717, 1.165) is 12.8 Å². The van der Waals surface area contributed by atoms with Crippen molar-refractivity contribution in [2.24, 2.45) is 0 Å². The molecule has 0 aliphatic rings. The van der Waals surface area contributed by atoms with E-state index < -0.39 is 15.4 Å². The van der Waals surface area contributed by atoms with Gasteiger partial charge in [0.05, 0.1) is 11.4 Å². The molecular weight excluding hydrogens is 268 g/mol. The van der Waals surface area contributed by atoms with Gasteiger partial charge in [-0.2, -0.15) is 4.98 Å². The van der Waals surface area contributed by atoms with Gasteiger partial charge in [-0.05, 0) is 26.7 Å². The van der Waals surface area contributed by atoms with E-state index in [0.29, 0.717) is 12.3 Å². The third kappa shape index (κ3) is 6.68. The maximum Gasteiger partial charge on any atom is 0.226 e. The molecule has 1 aromatic rings. The van der Waals surface area contributed by atoms with Crippen molar-refractivity contribution in [3.63, 3.8) is 0 Å². The minimum absolute atomic E-state index is 0.0880. The van der Waals surface area contributed by atoms with Crippen LogP contribution >= 0.6 is 0 Å². The van der Waals surface area contributed by atoms with Crippen molar-refractivity contribution >= 4 is 9.84 Å². The predicted octanol–water partition coefficient (Wildman–Crippen LogP) is 1.49. The van der Waals surface area contributed by atoms with Gasteiger partial charge in [0, 0.05) is 6.42 Å². The van der Waals surface area contributed by atoms with Gasteiger partial charge < -0.3 is 9.63 Å². The number of hydrogen-bond donors (Lipinski definition) is 1. The molecular formula is C12H22N2O4S. The van der Waals surface area contributed by atoms with E-state index in [1.807, 2.05) is 0 Å². The van der Waals surface area contributed by atoms with Gasteiger partial charge in [0.1, 0.15) is 5.75 Å². The number of aliphatic hydroxyl groups is 1. The van der Waals surface area contributed by atoms with E-state index in [-0.39, 0.29) is 23.8 Å². The molecule has 0 aromatic carbocycles. The number of aromatic nitrogens is 2. The monoisotopic (exact) mass is 290 g/mol. The van der Waals surface area contributed by atoms with E-state index in [1.165, 1.54) is 0 Å². The molecule has 110 valence electrons. The lowest BCUT2D eigenvalue weighted by molar-refractivity contribution is 0.0772. The quantitative estimate of drug-likeness (QED) is 0.779. The molecule has 0 amide bonds. The molecule has 19 heavy (non-hydrogen) atoms. The summed E-state index contributed by atoms with van der Waals surface area (Å²) in [6.07, 6.45) is 2.82. The van der Waals surface area contributed by atoms with Gasteiger partial charge in [0.25, 0.3) is 0 Å². The first kappa shape index (κ1) is 16.1. The number of nitrogens with zero attached hydrogens (tertiary/aromatic N) is 2. The van der Waals surface area contributed by atoms with Crippen LogP contribution in [0.1, 0.15) is 51.7 Å². The second kappa shape index (κ2) is 6.47. The van der Waals surface area contributed by atoms with E-state index in [2.05, 4.69) is 17.1 Å². The zero-order valence-electron chi connectivity index (χ0n) is 11.7. The zero-order chi connectivity index (χ0) is 14.5. The van der Waals surface area contributed by atoms with Crippen molar-refractivity contribution in [1.82, 2.24) is 10.1 Å². The minimum atomic E-state index is -3.32. The van der Waals surface area contributed by atoms with Crippen LogP contribution in [0.4, 0.5) is 0 Å². The molecule has 6 nitrogen and oxygen atoms in total. The first-order valence-corrected chi connectivity index (χ1v) is 8.28. The Kier molecular flexibility index (Phi) is 5.49. The van der Waals surface area contributed by atoms with Crippen molar-refractivity contribution in [2.45, 2.75) is 57.8 Å². The van der Waals surface area contributed by atoms with Crippen molar-refractivity contribution in [3.8, 4) is 0 Å². The first-order valence-electron chi connectivity index (χ1n) is 6.46. The molecule has 0 aliphatic carbocycles. The SMILES string of the molecule is CCCCc1nc(CS(=O)(=O)CCC(C)(C)O)no1. The lowest BCUT2D eigenvalue weighted by Crippen LogP contribution is -2.24. The molecule has 1 rings (SSSR count). The Morgan fingerprint density at radius 1 is 1.37 bits per heavy atom. The van der Waals surface area contributed by atoms with Crippen LogP contribution < -0.4 is 0 Å². The van der Waals surface area contributed by atoms with Crippen molar-refractivity contribution in [3.05, 3.63) is 11.7 Å². The molecule has 0 aliphatic heterocycles. The Bertz CT molecular complexity index is 488. The van der Waals surface area contributed by atoms with Gasteiger partial charge >= 0.3 is 0 Å². The third-order valence-corrected chi connectivity index (χ3v) is 4.15. The number of rotatable bonds is 8. The van der Waals surface area contributed by atoms with Gasteiger partial charge in [0.2, 0.25) is 5.89 Å². The summed E-state index contributed by atoms with van der Waals surface area (Å²) >= 11 is 0. The molecule has 0 radical (unpaired) electrons. The molecule has 0 atom stereocenters. The smallest absolute Gasteiger partial charge is 0.226 e. The second-order valence-electron chi connectivity index (χ2n) is 5.36. The number of hydrogen-bond acceptors (Lipinski definition) is 6. The Labute approximate surface area is 114 Å². The summed E-state index contributed by atoms with van der Waals surface area (Å²) in [5, 5.41) is 13.2. The largest absolute Gasteiger partial charge is 0.390 e. The topological polar surface area (TPSA) is 93.3 Å². The first-order chi connectivity index (χ1) is 8.72. The van der Waals surface area contributed by atoms with Crippen LogP contribution in [0.5, 0.6) is 0 Å². The van der Waals surface area contributed by atoms with Crippen molar-refractivity contribution in [2.75, 3.05) is 5.75 Å². The average Bonchev–Trinajstić information content (AvgIpc) is 2.70. The van der Waals surface area contributed by atoms with Crippen LogP contribution in [0.25, 0.3) is 0 Å². The van der Waals surface area contributed by atoms with Crippen molar-refractivity contribution < 1.29 is 18.0 Å². The predicted molar refractivity (Wildman–Crippen MR) is 71.3 cm³/mol. The van der Waals surface area contributed by atoms with Crippen LogP contribution in [-0.4, -0.2) is 35.0 Å². The van der Waals surface area contributed by atoms with E-state index in [4.69, 9.17) is 4.52 Å². The van der Waals surface area contributed by atoms with Crippen LogP contribution in [0.15, 0.2) is 4.52 Å². The standard InChI is InChI=1S/C12H22N2O4S/c1-4-5-6-11-13-10(14-18-11)9-19(16,17)8-7-12(2,3)15/h15H,4-9H2,1-3H3. The van der Waals surface area contributed by atoms with Gasteiger partial charge in [-0.1, -0.05) is 18.5 Å². The fraction of sp³-hybridized carbons (Fsp3) is 0.833. The zero-order valence-corrected chi connectivity index (χ0v) is 12.5. The summed E-state index contributed by atoms with van der Waals surface area (Å²) in [5.74, 6) is 0.352. The Morgan fingerprint density at radius 2 is 2.05 bits per heavy atom. The average molecular weight is 290 g/mol. The molecule has 0 spiro atoms. The highest BCUT2D eigenvalue weighted by Gasteiger charge is 2.21. The molecule has 1 heterocycles. The minimum Gasteiger partial charge on any atom is -0.390 e. The molecule has 0 bridgehead atoms. The highest BCUT2D eigenvalue weighted by Crippen LogP contribution is 2.12. The normalized spacial score (nSPS) is 12.8. The summed E-state index contributed by atoms with van der Waals surface area (Å²) in [6, 6.07) is 0. The molecule has 0 unspecified atom stereocenters. The fourth-order valence-corrected chi connectivity index (χ4v) is 2.92. The molecule has 7 heteroatoms. The lowest BCUT2D eigenvalue weighted by Gasteiger charge is -2.16. The number of aryl methyl sites for hydroxylation is 1. The summed E-state index contributed by atoms with van der Waals surface area (Å²) in [5.41, 5.74) is -0.989. The van der Waals surface area contributed by atoms with Gasteiger partial charge in [-0.25, -0.2) is 8.42 Å². The Hall–Kier alpha value is -0.950. The molecule has 0 saturated carbocycles. The van der Waals surface area contributed by atoms with Crippen LogP contribution in [-0.2, 0) is 22.0 Å². The van der Waals surface area contributed by atoms with E-state index in [1.54, 1.807) is 13.8 Å². The molecule has 0 saturated heterocycles. The third-order valence-electron chi connectivity index (χ3n) is 2.63. The summed E-state index contributed by atoms with van der Waals surface area (Å²) in [4.78, 5) is 4.06.